The van der Waals surface area contributed by atoms with Crippen LogP contribution in [0.1, 0.15) is 29.8 Å². The third-order valence-corrected chi connectivity index (χ3v) is 5.25. The van der Waals surface area contributed by atoms with Crippen molar-refractivity contribution in [3.05, 3.63) is 75.7 Å². The van der Waals surface area contributed by atoms with Crippen molar-refractivity contribution in [3.8, 4) is 0 Å². The van der Waals surface area contributed by atoms with Gasteiger partial charge in [-0.1, -0.05) is 41.8 Å². The van der Waals surface area contributed by atoms with Crippen molar-refractivity contribution >= 4 is 23.3 Å². The van der Waals surface area contributed by atoms with Crippen LogP contribution in [0, 0.1) is 13.8 Å². The molecule has 142 valence electrons. The van der Waals surface area contributed by atoms with Crippen molar-refractivity contribution in [2.75, 3.05) is 5.32 Å². The Morgan fingerprint density at radius 1 is 1.21 bits per heavy atom. The summed E-state index contributed by atoms with van der Waals surface area (Å²) in [6, 6.07) is 7.47. The first-order valence-electron chi connectivity index (χ1n) is 9.47. The number of nitrogens with one attached hydrogen (secondary N) is 1. The number of carbonyl (C=O) groups excluding carboxylic acids is 1. The molecule has 1 aromatic heterocycles. The second kappa shape index (κ2) is 7.03. The summed E-state index contributed by atoms with van der Waals surface area (Å²) >= 11 is 0. The van der Waals surface area contributed by atoms with Crippen molar-refractivity contribution in [2.24, 2.45) is 4.99 Å². The molecular weight excluding hydrogens is 352 g/mol. The van der Waals surface area contributed by atoms with Crippen LogP contribution >= 0.6 is 0 Å². The largest absolute Gasteiger partial charge is 0.403 e. The molecule has 2 aliphatic rings. The quantitative estimate of drug-likeness (QED) is 0.835. The number of rotatable bonds is 4. The van der Waals surface area contributed by atoms with E-state index in [2.05, 4.69) is 10.3 Å². The molecule has 0 saturated carbocycles. The topological polar surface area (TPSA) is 67.3 Å². The highest BCUT2D eigenvalue weighted by atomic mass is 16.2. The van der Waals surface area contributed by atoms with Gasteiger partial charge in [-0.05, 0) is 44.6 Å². The molecule has 0 fully saturated rings. The van der Waals surface area contributed by atoms with Gasteiger partial charge in [0.25, 0.3) is 5.91 Å². The number of allylic oxidation sites excluding steroid dienone is 4. The number of hydrogen-bond acceptors (Lipinski definition) is 3. The van der Waals surface area contributed by atoms with Crippen molar-refractivity contribution in [3.63, 3.8) is 0 Å². The number of aliphatic imine (C=N–C) groups is 1. The van der Waals surface area contributed by atoms with Gasteiger partial charge in [0, 0.05) is 5.69 Å². The number of carbonyl (C=O) groups is 1. The van der Waals surface area contributed by atoms with E-state index in [1.807, 2.05) is 73.9 Å². The van der Waals surface area contributed by atoms with Crippen LogP contribution in [-0.4, -0.2) is 16.2 Å². The van der Waals surface area contributed by atoms with Gasteiger partial charge in [0.2, 0.25) is 0 Å². The Kier molecular flexibility index (Phi) is 4.55. The van der Waals surface area contributed by atoms with Gasteiger partial charge < -0.3 is 5.32 Å². The third-order valence-electron chi connectivity index (χ3n) is 5.25. The van der Waals surface area contributed by atoms with Gasteiger partial charge in [-0.15, -0.1) is 0 Å². The molecule has 0 bridgehead atoms. The summed E-state index contributed by atoms with van der Waals surface area (Å²) in [5.41, 5.74) is 4.17. The van der Waals surface area contributed by atoms with Crippen LogP contribution in [0.2, 0.25) is 0 Å². The molecule has 0 spiro atoms. The predicted octanol–water partition coefficient (Wildman–Crippen LogP) is 2.71. The zero-order valence-electron chi connectivity index (χ0n) is 16.3. The Bertz CT molecular complexity index is 1100. The maximum Gasteiger partial charge on any atom is 0.403 e. The molecule has 2 heterocycles. The lowest BCUT2D eigenvalue weighted by Crippen LogP contribution is -2.49. The minimum Gasteiger partial charge on any atom is -0.323 e. The number of aromatic nitrogens is 2. The van der Waals surface area contributed by atoms with Gasteiger partial charge in [-0.2, -0.15) is 4.57 Å². The smallest absolute Gasteiger partial charge is 0.323 e. The molecule has 1 atom stereocenters. The summed E-state index contributed by atoms with van der Waals surface area (Å²) in [7, 11) is 0. The van der Waals surface area contributed by atoms with Gasteiger partial charge in [-0.3, -0.25) is 9.59 Å². The summed E-state index contributed by atoms with van der Waals surface area (Å²) < 4.78 is 3.54. The molecule has 4 rings (SSSR count). The van der Waals surface area contributed by atoms with Crippen molar-refractivity contribution in [1.29, 1.82) is 0 Å². The molecule has 1 N–H and O–H groups in total. The van der Waals surface area contributed by atoms with E-state index in [1.54, 1.807) is 4.57 Å². The summed E-state index contributed by atoms with van der Waals surface area (Å²) in [5.74, 6) is 0.372. The van der Waals surface area contributed by atoms with E-state index < -0.39 is 0 Å². The Balaban J connectivity index is 1.74. The van der Waals surface area contributed by atoms with Crippen molar-refractivity contribution in [1.82, 2.24) is 4.57 Å². The number of nitrogens with zero attached hydrogens (tertiary/aromatic N) is 3. The van der Waals surface area contributed by atoms with Crippen molar-refractivity contribution < 1.29 is 9.36 Å². The Morgan fingerprint density at radius 3 is 2.68 bits per heavy atom. The van der Waals surface area contributed by atoms with E-state index in [1.165, 1.54) is 0 Å². The molecule has 6 nitrogen and oxygen atoms in total. The van der Waals surface area contributed by atoms with Gasteiger partial charge in [0.1, 0.15) is 0 Å². The number of aryl methyl sites for hydroxylation is 1. The fraction of sp³-hybridized carbons (Fsp3) is 0.273. The zero-order valence-corrected chi connectivity index (χ0v) is 16.3. The average molecular weight is 375 g/mol. The normalized spacial score (nSPS) is 16.5. The van der Waals surface area contributed by atoms with Gasteiger partial charge in [-0.25, -0.2) is 4.57 Å². The molecule has 0 radical (unpaired) electrons. The number of amides is 1. The summed E-state index contributed by atoms with van der Waals surface area (Å²) in [4.78, 5) is 30.4. The highest BCUT2D eigenvalue weighted by molar-refractivity contribution is 6.03. The first-order chi connectivity index (χ1) is 13.5. The fourth-order valence-electron chi connectivity index (χ4n) is 3.73. The highest BCUT2D eigenvalue weighted by Gasteiger charge is 2.38. The Labute approximate surface area is 163 Å². The third kappa shape index (κ3) is 3.01. The Morgan fingerprint density at radius 2 is 1.96 bits per heavy atom. The van der Waals surface area contributed by atoms with Gasteiger partial charge in [0.15, 0.2) is 18.3 Å². The molecule has 6 heteroatoms. The lowest BCUT2D eigenvalue weighted by molar-refractivity contribution is -0.681. The minimum atomic E-state index is -0.204. The lowest BCUT2D eigenvalue weighted by Gasteiger charge is -2.14. The molecule has 1 aromatic carbocycles. The minimum absolute atomic E-state index is 0.0334. The fourth-order valence-corrected chi connectivity index (χ4v) is 3.73. The first kappa shape index (κ1) is 18.1. The summed E-state index contributed by atoms with van der Waals surface area (Å²) in [6.07, 6.45) is 8.31. The highest BCUT2D eigenvalue weighted by Crippen LogP contribution is 2.27. The first-order valence-corrected chi connectivity index (χ1v) is 9.47. The molecular formula is C22H23N4O2+. The summed E-state index contributed by atoms with van der Waals surface area (Å²) in [5, 5.41) is 2.93. The number of anilines is 1. The van der Waals surface area contributed by atoms with Crippen molar-refractivity contribution in [2.45, 2.75) is 39.8 Å². The maximum absolute atomic E-state index is 13.0. The Hall–Kier alpha value is -3.28. The molecule has 0 saturated heterocycles. The number of benzene rings is 1. The molecule has 1 amide bonds. The van der Waals surface area contributed by atoms with Gasteiger partial charge in [0.05, 0.1) is 11.3 Å². The van der Waals surface area contributed by atoms with Crippen LogP contribution in [0.4, 0.5) is 11.6 Å². The zero-order chi connectivity index (χ0) is 19.8. The monoisotopic (exact) mass is 375 g/mol. The molecule has 1 aliphatic heterocycles. The summed E-state index contributed by atoms with van der Waals surface area (Å²) in [6.45, 7) is 5.94. The van der Waals surface area contributed by atoms with Crippen LogP contribution < -0.4 is 15.4 Å². The van der Waals surface area contributed by atoms with E-state index in [9.17, 15) is 9.59 Å². The van der Waals surface area contributed by atoms with Crippen LogP contribution in [0.15, 0.2) is 58.4 Å². The van der Waals surface area contributed by atoms with Gasteiger partial charge >= 0.3 is 11.5 Å². The second-order valence-electron chi connectivity index (χ2n) is 7.12. The van der Waals surface area contributed by atoms with E-state index in [-0.39, 0.29) is 24.1 Å². The standard InChI is InChI=1S/C22H22N4O2/c1-4-17-15(3)25(13-20(27)23-16-11-9-14(2)10-12-16)22-24-18-7-5-6-8-19(18)26(22)21(17)28/h5-12,19H,4,13H2,1-3H3/p+1. The number of hydrogen-bond donors (Lipinski definition) is 1. The molecule has 2 aromatic rings. The van der Waals surface area contributed by atoms with E-state index in [0.29, 0.717) is 17.9 Å². The van der Waals surface area contributed by atoms with E-state index >= 15 is 0 Å². The SMILES string of the molecule is CCc1c(C)[n+](CC(=O)Nc2ccc(C)cc2)c2n(c1=O)C1C=CC=CC1=N2. The molecule has 1 aliphatic carbocycles. The van der Waals surface area contributed by atoms with E-state index in [0.717, 1.165) is 22.7 Å². The van der Waals surface area contributed by atoms with Crippen LogP contribution in [-0.2, 0) is 17.8 Å². The lowest BCUT2D eigenvalue weighted by atomic mass is 10.1. The average Bonchev–Trinajstić information content (AvgIpc) is 3.07. The van der Waals surface area contributed by atoms with Crippen LogP contribution in [0.25, 0.3) is 0 Å². The predicted molar refractivity (Wildman–Crippen MR) is 109 cm³/mol. The molecule has 28 heavy (non-hydrogen) atoms. The maximum atomic E-state index is 13.0. The van der Waals surface area contributed by atoms with E-state index in [4.69, 9.17) is 0 Å². The second-order valence-corrected chi connectivity index (χ2v) is 7.12. The molecule has 1 unspecified atom stereocenters. The number of fused-ring (bicyclic) bond motifs is 3. The van der Waals surface area contributed by atoms with Crippen LogP contribution in [0.5, 0.6) is 0 Å². The van der Waals surface area contributed by atoms with Crippen LogP contribution in [0.3, 0.4) is 0 Å².